The van der Waals surface area contributed by atoms with Crippen molar-refractivity contribution in [1.82, 2.24) is 10.6 Å². The van der Waals surface area contributed by atoms with Gasteiger partial charge in [0, 0.05) is 12.1 Å². The van der Waals surface area contributed by atoms with Crippen molar-refractivity contribution in [3.8, 4) is 0 Å². The average Bonchev–Trinajstić information content (AvgIpc) is 2.69. The van der Waals surface area contributed by atoms with E-state index >= 15 is 0 Å². The second-order valence-electron chi connectivity index (χ2n) is 7.01. The predicted octanol–water partition coefficient (Wildman–Crippen LogP) is 2.75. The van der Waals surface area contributed by atoms with Gasteiger partial charge in [-0.25, -0.2) is 9.18 Å². The van der Waals surface area contributed by atoms with E-state index in [2.05, 4.69) is 10.6 Å². The molecular weight excluding hydrogens is 375 g/mol. The second-order valence-corrected chi connectivity index (χ2v) is 7.01. The monoisotopic (exact) mass is 400 g/mol. The molecule has 154 valence electrons. The van der Waals surface area contributed by atoms with Gasteiger partial charge >= 0.3 is 5.97 Å². The van der Waals surface area contributed by atoms with Crippen LogP contribution < -0.4 is 10.6 Å². The molecule has 0 unspecified atom stereocenters. The number of aryl methyl sites for hydroxylation is 1. The molecule has 0 bridgehead atoms. The fourth-order valence-corrected chi connectivity index (χ4v) is 2.60. The topological polar surface area (TPSA) is 84.5 Å². The first-order valence-corrected chi connectivity index (χ1v) is 9.32. The molecule has 2 rings (SSSR count). The second kappa shape index (κ2) is 10.4. The molecule has 0 aliphatic heterocycles. The van der Waals surface area contributed by atoms with Crippen molar-refractivity contribution >= 4 is 17.8 Å². The van der Waals surface area contributed by atoms with E-state index < -0.39 is 36.2 Å². The van der Waals surface area contributed by atoms with Crippen LogP contribution in [0.15, 0.2) is 48.5 Å². The number of hydrogen-bond acceptors (Lipinski definition) is 4. The SMILES string of the molecule is Cc1ccccc1CNC(=O)COC(=O)[C@@H](NC(=O)c1ccc(F)cc1)C(C)C. The molecule has 1 atom stereocenters. The van der Waals surface area contributed by atoms with Gasteiger partial charge in [0.2, 0.25) is 0 Å². The Labute approximate surface area is 169 Å². The lowest BCUT2D eigenvalue weighted by Gasteiger charge is -2.20. The first kappa shape index (κ1) is 22.1. The lowest BCUT2D eigenvalue weighted by atomic mass is 10.0. The minimum absolute atomic E-state index is 0.223. The Hall–Kier alpha value is -3.22. The van der Waals surface area contributed by atoms with Crippen LogP contribution >= 0.6 is 0 Å². The number of hydrogen-bond donors (Lipinski definition) is 2. The lowest BCUT2D eigenvalue weighted by molar-refractivity contribution is -0.151. The van der Waals surface area contributed by atoms with Crippen molar-refractivity contribution in [2.45, 2.75) is 33.4 Å². The Morgan fingerprint density at radius 3 is 2.31 bits per heavy atom. The zero-order valence-electron chi connectivity index (χ0n) is 16.7. The third-order valence-corrected chi connectivity index (χ3v) is 4.40. The highest BCUT2D eigenvalue weighted by Gasteiger charge is 2.26. The normalized spacial score (nSPS) is 11.6. The number of benzene rings is 2. The number of rotatable bonds is 8. The molecule has 0 aromatic heterocycles. The molecule has 2 N–H and O–H groups in total. The third kappa shape index (κ3) is 6.71. The Morgan fingerprint density at radius 1 is 1.03 bits per heavy atom. The predicted molar refractivity (Wildman–Crippen MR) is 106 cm³/mol. The highest BCUT2D eigenvalue weighted by atomic mass is 19.1. The summed E-state index contributed by atoms with van der Waals surface area (Å²) in [5.74, 6) is -2.39. The number of halogens is 1. The van der Waals surface area contributed by atoms with Crippen LogP contribution in [0.2, 0.25) is 0 Å². The van der Waals surface area contributed by atoms with Crippen molar-refractivity contribution in [2.75, 3.05) is 6.61 Å². The van der Waals surface area contributed by atoms with Gasteiger partial charge in [0.15, 0.2) is 6.61 Å². The van der Waals surface area contributed by atoms with Crippen molar-refractivity contribution in [3.05, 3.63) is 71.0 Å². The van der Waals surface area contributed by atoms with Crippen LogP contribution in [-0.4, -0.2) is 30.4 Å². The highest BCUT2D eigenvalue weighted by Crippen LogP contribution is 2.09. The van der Waals surface area contributed by atoms with Crippen molar-refractivity contribution in [3.63, 3.8) is 0 Å². The van der Waals surface area contributed by atoms with E-state index in [1.54, 1.807) is 13.8 Å². The molecule has 0 heterocycles. The zero-order valence-corrected chi connectivity index (χ0v) is 16.7. The first-order chi connectivity index (χ1) is 13.8. The Kier molecular flexibility index (Phi) is 7.88. The molecule has 0 aliphatic rings. The summed E-state index contributed by atoms with van der Waals surface area (Å²) < 4.78 is 18.1. The van der Waals surface area contributed by atoms with E-state index in [9.17, 15) is 18.8 Å². The molecule has 6 nitrogen and oxygen atoms in total. The molecule has 0 spiro atoms. The standard InChI is InChI=1S/C22H25FN2O4/c1-14(2)20(25-21(27)16-8-10-18(23)11-9-16)22(28)29-13-19(26)24-12-17-7-5-4-6-15(17)3/h4-11,14,20H,12-13H2,1-3H3,(H,24,26)(H,25,27)/t20-/m0/s1. The Morgan fingerprint density at radius 2 is 1.69 bits per heavy atom. The Bertz CT molecular complexity index is 865. The molecule has 2 aromatic carbocycles. The number of carbonyl (C=O) groups is 3. The lowest BCUT2D eigenvalue weighted by Crippen LogP contribution is -2.46. The largest absolute Gasteiger partial charge is 0.454 e. The van der Waals surface area contributed by atoms with Crippen LogP contribution in [0.1, 0.15) is 35.3 Å². The fraction of sp³-hybridized carbons (Fsp3) is 0.318. The molecule has 7 heteroatoms. The van der Waals surface area contributed by atoms with E-state index in [0.29, 0.717) is 6.54 Å². The van der Waals surface area contributed by atoms with E-state index in [0.717, 1.165) is 23.3 Å². The van der Waals surface area contributed by atoms with E-state index in [4.69, 9.17) is 4.74 Å². The van der Waals surface area contributed by atoms with Crippen LogP contribution in [-0.2, 0) is 20.9 Å². The van der Waals surface area contributed by atoms with E-state index in [-0.39, 0.29) is 11.5 Å². The van der Waals surface area contributed by atoms with Gasteiger partial charge in [-0.3, -0.25) is 9.59 Å². The van der Waals surface area contributed by atoms with Crippen molar-refractivity contribution in [2.24, 2.45) is 5.92 Å². The number of nitrogens with one attached hydrogen (secondary N) is 2. The summed E-state index contributed by atoms with van der Waals surface area (Å²) in [7, 11) is 0. The summed E-state index contributed by atoms with van der Waals surface area (Å²) in [6.45, 7) is 5.32. The van der Waals surface area contributed by atoms with E-state index in [1.165, 1.54) is 12.1 Å². The average molecular weight is 400 g/mol. The molecule has 0 fully saturated rings. The van der Waals surface area contributed by atoms with Gasteiger partial charge in [0.05, 0.1) is 0 Å². The summed E-state index contributed by atoms with van der Waals surface area (Å²) in [4.78, 5) is 36.6. The smallest absolute Gasteiger partial charge is 0.329 e. The minimum atomic E-state index is -0.934. The summed E-state index contributed by atoms with van der Waals surface area (Å²) in [6, 6.07) is 11.7. The van der Waals surface area contributed by atoms with Crippen LogP contribution in [0.25, 0.3) is 0 Å². The van der Waals surface area contributed by atoms with Crippen LogP contribution in [0.3, 0.4) is 0 Å². The maximum atomic E-state index is 13.0. The van der Waals surface area contributed by atoms with Crippen LogP contribution in [0.4, 0.5) is 4.39 Å². The number of ether oxygens (including phenoxy) is 1. The van der Waals surface area contributed by atoms with E-state index in [1.807, 2.05) is 31.2 Å². The van der Waals surface area contributed by atoms with Gasteiger partial charge in [-0.2, -0.15) is 0 Å². The van der Waals surface area contributed by atoms with Crippen molar-refractivity contribution < 1.29 is 23.5 Å². The molecule has 0 aliphatic carbocycles. The number of carbonyl (C=O) groups excluding carboxylic acids is 3. The molecule has 0 radical (unpaired) electrons. The zero-order chi connectivity index (χ0) is 21.4. The van der Waals surface area contributed by atoms with Crippen LogP contribution in [0, 0.1) is 18.7 Å². The summed E-state index contributed by atoms with van der Waals surface area (Å²) in [5, 5.41) is 5.27. The molecule has 2 aromatic rings. The minimum Gasteiger partial charge on any atom is -0.454 e. The summed E-state index contributed by atoms with van der Waals surface area (Å²) in [6.07, 6.45) is 0. The molecule has 2 amide bonds. The molecule has 29 heavy (non-hydrogen) atoms. The van der Waals surface area contributed by atoms with Gasteiger partial charge < -0.3 is 15.4 Å². The Balaban J connectivity index is 1.87. The molecule has 0 saturated carbocycles. The summed E-state index contributed by atoms with van der Waals surface area (Å²) in [5.41, 5.74) is 2.24. The third-order valence-electron chi connectivity index (χ3n) is 4.40. The first-order valence-electron chi connectivity index (χ1n) is 9.32. The van der Waals surface area contributed by atoms with Gasteiger partial charge in [0.25, 0.3) is 11.8 Å². The fourth-order valence-electron chi connectivity index (χ4n) is 2.60. The maximum Gasteiger partial charge on any atom is 0.329 e. The quantitative estimate of drug-likeness (QED) is 0.668. The number of amides is 2. The van der Waals surface area contributed by atoms with Gasteiger partial charge in [-0.05, 0) is 48.2 Å². The summed E-state index contributed by atoms with van der Waals surface area (Å²) >= 11 is 0. The highest BCUT2D eigenvalue weighted by molar-refractivity contribution is 5.97. The van der Waals surface area contributed by atoms with Gasteiger partial charge in [-0.15, -0.1) is 0 Å². The maximum absolute atomic E-state index is 13.0. The molecular formula is C22H25FN2O4. The van der Waals surface area contributed by atoms with Crippen LogP contribution in [0.5, 0.6) is 0 Å². The molecule has 0 saturated heterocycles. The van der Waals surface area contributed by atoms with Crippen molar-refractivity contribution in [1.29, 1.82) is 0 Å². The van der Waals surface area contributed by atoms with Gasteiger partial charge in [-0.1, -0.05) is 38.1 Å². The number of esters is 1. The van der Waals surface area contributed by atoms with Gasteiger partial charge in [0.1, 0.15) is 11.9 Å².